The molecule has 0 saturated heterocycles. The molecule has 0 aliphatic heterocycles. The summed E-state index contributed by atoms with van der Waals surface area (Å²) < 4.78 is 9.87. The van der Waals surface area contributed by atoms with Crippen LogP contribution >= 0.6 is 0 Å². The number of H-pyrrole nitrogens is 1. The van der Waals surface area contributed by atoms with E-state index in [2.05, 4.69) is 25.8 Å². The van der Waals surface area contributed by atoms with Gasteiger partial charge in [-0.05, 0) is 5.56 Å². The predicted molar refractivity (Wildman–Crippen MR) is 99.1 cm³/mol. The Hall–Kier alpha value is -3.25. The average Bonchev–Trinajstić information content (AvgIpc) is 3.02. The number of rotatable bonds is 7. The number of nitrogens with zero attached hydrogens (tertiary/aromatic N) is 2. The van der Waals surface area contributed by atoms with E-state index in [-0.39, 0.29) is 17.7 Å². The molecule has 0 aliphatic carbocycles. The maximum Gasteiger partial charge on any atom is 0.390 e. The van der Waals surface area contributed by atoms with Crippen LogP contribution in [0.2, 0.25) is 0 Å². The number of carbonyl (C=O) groups is 1. The number of benzene rings is 1. The topological polar surface area (TPSA) is 168 Å². The number of methoxy groups -OCH3 is 1. The van der Waals surface area contributed by atoms with Gasteiger partial charge in [0, 0.05) is 19.4 Å². The van der Waals surface area contributed by atoms with Crippen LogP contribution in [0.4, 0.5) is 10.6 Å². The fourth-order valence-electron chi connectivity index (χ4n) is 2.56. The molecule has 148 valence electrons. The Balaban J connectivity index is 1.70. The van der Waals surface area contributed by atoms with E-state index < -0.39 is 12.1 Å². The number of urea groups is 1. The summed E-state index contributed by atoms with van der Waals surface area (Å²) in [6.45, 7) is 0.300. The third-order valence-corrected chi connectivity index (χ3v) is 3.74. The first-order chi connectivity index (χ1) is 13.4. The number of pyridine rings is 1. The van der Waals surface area contributed by atoms with Gasteiger partial charge in [0.1, 0.15) is 5.82 Å². The number of ether oxygens (including phenoxy) is 2. The number of nitrogens with one attached hydrogen (secondary N) is 3. The van der Waals surface area contributed by atoms with Gasteiger partial charge in [-0.3, -0.25) is 10.4 Å². The quantitative estimate of drug-likeness (QED) is 0.316. The summed E-state index contributed by atoms with van der Waals surface area (Å²) in [6, 6.07) is 10.1. The Labute approximate surface area is 159 Å². The minimum Gasteiger partial charge on any atom is -0.407 e. The lowest BCUT2D eigenvalue weighted by molar-refractivity contribution is -0.288. The molecule has 0 radical (unpaired) electrons. The van der Waals surface area contributed by atoms with Crippen molar-refractivity contribution in [1.82, 2.24) is 20.5 Å². The molecule has 1 atom stereocenters. The molecule has 3 rings (SSSR count). The molecule has 2 heterocycles. The molecule has 1 unspecified atom stereocenters. The van der Waals surface area contributed by atoms with Crippen molar-refractivity contribution in [2.75, 3.05) is 19.0 Å². The van der Waals surface area contributed by atoms with Crippen molar-refractivity contribution in [3.8, 4) is 5.88 Å². The van der Waals surface area contributed by atoms with E-state index in [1.807, 2.05) is 30.3 Å². The van der Waals surface area contributed by atoms with Gasteiger partial charge in [0.05, 0.1) is 23.6 Å². The maximum atomic E-state index is 12.3. The maximum absolute atomic E-state index is 12.3. The summed E-state index contributed by atoms with van der Waals surface area (Å²) >= 11 is 0. The number of aliphatic hydroxyl groups is 2. The fraction of sp³-hybridized carbons (Fsp3) is 0.235. The highest BCUT2D eigenvalue weighted by molar-refractivity contribution is 5.92. The third-order valence-electron chi connectivity index (χ3n) is 3.74. The first-order valence-corrected chi connectivity index (χ1v) is 8.24. The normalized spacial score (nSPS) is 12.6. The van der Waals surface area contributed by atoms with Gasteiger partial charge < -0.3 is 25.0 Å². The van der Waals surface area contributed by atoms with E-state index in [1.54, 1.807) is 7.11 Å². The summed E-state index contributed by atoms with van der Waals surface area (Å²) in [7, 11) is 1.55. The molecule has 3 aromatic rings. The molecular formula is C17H20N6O5. The van der Waals surface area contributed by atoms with Crippen LogP contribution in [0.15, 0.2) is 42.6 Å². The summed E-state index contributed by atoms with van der Waals surface area (Å²) in [4.78, 5) is 16.4. The second-order valence-corrected chi connectivity index (χ2v) is 5.92. The monoisotopic (exact) mass is 388 g/mol. The number of fused-ring (bicyclic) bond motifs is 1. The summed E-state index contributed by atoms with van der Waals surface area (Å²) in [6.07, 6.45) is -1.52. The standard InChI is InChI=1S/C17H20N6O5/c1-27-9-13(10-5-3-2-4-6-10)20-16(24)21-14-7-12-11(8-19-14)15(23-22-12)28-17(18,25)26/h2-8,13,25-26H,9,18H2,1H3,(H,22,23)(H2,19,20,21,24). The number of aromatic amines is 1. The van der Waals surface area contributed by atoms with Crippen molar-refractivity contribution in [2.45, 2.75) is 12.1 Å². The molecule has 28 heavy (non-hydrogen) atoms. The number of aromatic nitrogens is 3. The lowest BCUT2D eigenvalue weighted by atomic mass is 10.1. The van der Waals surface area contributed by atoms with Crippen molar-refractivity contribution in [2.24, 2.45) is 5.73 Å². The SMILES string of the molecule is COCC(NC(=O)Nc1cc2[nH]nc(OC(N)(O)O)c2cn1)c1ccccc1. The van der Waals surface area contributed by atoms with Gasteiger partial charge in [-0.1, -0.05) is 30.3 Å². The summed E-state index contributed by atoms with van der Waals surface area (Å²) in [5.41, 5.74) is 6.32. The zero-order chi connectivity index (χ0) is 20.1. The highest BCUT2D eigenvalue weighted by atomic mass is 16.8. The van der Waals surface area contributed by atoms with E-state index in [1.165, 1.54) is 12.3 Å². The molecule has 0 aliphatic rings. The molecule has 0 fully saturated rings. The molecule has 0 spiro atoms. The van der Waals surface area contributed by atoms with Crippen molar-refractivity contribution < 1.29 is 24.5 Å². The number of nitrogens with two attached hydrogens (primary N) is 1. The van der Waals surface area contributed by atoms with Crippen molar-refractivity contribution in [3.63, 3.8) is 0 Å². The number of anilines is 1. The van der Waals surface area contributed by atoms with E-state index in [9.17, 15) is 4.79 Å². The van der Waals surface area contributed by atoms with Crippen LogP contribution in [0, 0.1) is 0 Å². The van der Waals surface area contributed by atoms with Gasteiger partial charge in [0.2, 0.25) is 5.88 Å². The van der Waals surface area contributed by atoms with E-state index >= 15 is 0 Å². The van der Waals surface area contributed by atoms with Gasteiger partial charge in [0.15, 0.2) is 0 Å². The van der Waals surface area contributed by atoms with Crippen LogP contribution in [-0.4, -0.2) is 51.2 Å². The number of hydrogen-bond acceptors (Lipinski definition) is 8. The Morgan fingerprint density at radius 1 is 1.36 bits per heavy atom. The van der Waals surface area contributed by atoms with Crippen molar-refractivity contribution >= 4 is 22.8 Å². The van der Waals surface area contributed by atoms with Crippen LogP contribution in [-0.2, 0) is 4.74 Å². The van der Waals surface area contributed by atoms with E-state index in [0.29, 0.717) is 17.5 Å². The second-order valence-electron chi connectivity index (χ2n) is 5.92. The van der Waals surface area contributed by atoms with Crippen LogP contribution < -0.4 is 21.1 Å². The molecule has 0 bridgehead atoms. The minimum absolute atomic E-state index is 0.143. The zero-order valence-corrected chi connectivity index (χ0v) is 14.9. The van der Waals surface area contributed by atoms with Crippen molar-refractivity contribution in [1.29, 1.82) is 0 Å². The molecule has 1 aromatic carbocycles. The van der Waals surface area contributed by atoms with E-state index in [4.69, 9.17) is 25.4 Å². The lowest BCUT2D eigenvalue weighted by Gasteiger charge is -2.18. The Bertz CT molecular complexity index is 940. The highest BCUT2D eigenvalue weighted by Crippen LogP contribution is 2.24. The number of amides is 2. The van der Waals surface area contributed by atoms with Gasteiger partial charge in [-0.2, -0.15) is 0 Å². The van der Waals surface area contributed by atoms with Gasteiger partial charge in [0.25, 0.3) is 0 Å². The number of carbonyl (C=O) groups excluding carboxylic acids is 1. The van der Waals surface area contributed by atoms with Gasteiger partial charge in [-0.25, -0.2) is 15.5 Å². The zero-order valence-electron chi connectivity index (χ0n) is 14.9. The molecular weight excluding hydrogens is 368 g/mol. The third kappa shape index (κ3) is 4.92. The number of hydrogen-bond donors (Lipinski definition) is 6. The molecule has 11 heteroatoms. The van der Waals surface area contributed by atoms with Crippen LogP contribution in [0.25, 0.3) is 10.9 Å². The van der Waals surface area contributed by atoms with Crippen LogP contribution in [0.5, 0.6) is 5.88 Å². The average molecular weight is 388 g/mol. The van der Waals surface area contributed by atoms with Crippen LogP contribution in [0.1, 0.15) is 11.6 Å². The van der Waals surface area contributed by atoms with Gasteiger partial charge in [-0.15, -0.1) is 5.10 Å². The highest BCUT2D eigenvalue weighted by Gasteiger charge is 2.22. The first-order valence-electron chi connectivity index (χ1n) is 8.24. The van der Waals surface area contributed by atoms with Crippen molar-refractivity contribution in [3.05, 3.63) is 48.2 Å². The molecule has 2 amide bonds. The van der Waals surface area contributed by atoms with Crippen LogP contribution in [0.3, 0.4) is 0 Å². The van der Waals surface area contributed by atoms with Gasteiger partial charge >= 0.3 is 12.1 Å². The molecule has 7 N–H and O–H groups in total. The lowest BCUT2D eigenvalue weighted by Crippen LogP contribution is -2.45. The second kappa shape index (κ2) is 8.19. The molecule has 2 aromatic heterocycles. The smallest absolute Gasteiger partial charge is 0.390 e. The Morgan fingerprint density at radius 3 is 2.79 bits per heavy atom. The Kier molecular flexibility index (Phi) is 5.70. The Morgan fingerprint density at radius 2 is 2.11 bits per heavy atom. The summed E-state index contributed by atoms with van der Waals surface area (Å²) in [5.74, 6) is 0.103. The predicted octanol–water partition coefficient (Wildman–Crippen LogP) is 0.401. The molecule has 0 saturated carbocycles. The first kappa shape index (κ1) is 19.5. The van der Waals surface area contributed by atoms with E-state index in [0.717, 1.165) is 5.56 Å². The molecule has 11 nitrogen and oxygen atoms in total. The fourth-order valence-corrected chi connectivity index (χ4v) is 2.56. The largest absolute Gasteiger partial charge is 0.407 e. The minimum atomic E-state index is -2.87. The summed E-state index contributed by atoms with van der Waals surface area (Å²) in [5, 5.41) is 30.4.